The maximum absolute atomic E-state index is 9.50. The summed E-state index contributed by atoms with van der Waals surface area (Å²) in [5, 5.41) is 0. The number of thiazole rings is 1. The lowest BCUT2D eigenvalue weighted by Crippen LogP contribution is -1.69. The van der Waals surface area contributed by atoms with Gasteiger partial charge in [0.05, 0.1) is 22.9 Å². The molecule has 0 radical (unpaired) electrons. The number of alkyl halides is 1. The van der Waals surface area contributed by atoms with Crippen molar-refractivity contribution in [2.45, 2.75) is 34.6 Å². The fraction of sp³-hybridized carbons (Fsp3) is 0.462. The van der Waals surface area contributed by atoms with Crippen molar-refractivity contribution in [3.05, 3.63) is 29.3 Å². The molecule has 1 aromatic carbocycles. The van der Waals surface area contributed by atoms with Gasteiger partial charge in [-0.15, -0.1) is 11.3 Å². The molecular weight excluding hydrogens is 221 g/mol. The van der Waals surface area contributed by atoms with E-state index in [9.17, 15) is 4.39 Å². The summed E-state index contributed by atoms with van der Waals surface area (Å²) in [4.78, 5) is 4.20. The molecule has 0 bridgehead atoms. The number of benzene rings is 1. The summed E-state index contributed by atoms with van der Waals surface area (Å²) in [5.74, 6) is 0. The lowest BCUT2D eigenvalue weighted by atomic mass is 10.2. The minimum atomic E-state index is 0.500. The fourth-order valence-electron chi connectivity index (χ4n) is 0.968. The molecule has 0 amide bonds. The molecule has 16 heavy (non-hydrogen) atoms. The number of halogens is 1. The molecule has 0 saturated carbocycles. The number of hydrogen-bond acceptors (Lipinski definition) is 2. The third kappa shape index (κ3) is 5.81. The smallest absolute Gasteiger partial charge is 0.0814 e. The predicted molar refractivity (Wildman–Crippen MR) is 74.1 cm³/mol. The van der Waals surface area contributed by atoms with Crippen LogP contribution in [0.15, 0.2) is 23.7 Å². The van der Waals surface area contributed by atoms with Gasteiger partial charge in [0.25, 0.3) is 0 Å². The van der Waals surface area contributed by atoms with Crippen molar-refractivity contribution in [2.24, 2.45) is 0 Å². The molecule has 0 saturated heterocycles. The summed E-state index contributed by atoms with van der Waals surface area (Å²) in [6.07, 6.45) is 0. The van der Waals surface area contributed by atoms with Crippen molar-refractivity contribution in [2.75, 3.05) is 7.18 Å². The Balaban J connectivity index is 0. The van der Waals surface area contributed by atoms with Gasteiger partial charge >= 0.3 is 0 Å². The number of aromatic nitrogens is 1. The molecule has 92 valence electrons. The van der Waals surface area contributed by atoms with Crippen LogP contribution < -0.4 is 0 Å². The molecule has 0 N–H and O–H groups in total. The van der Waals surface area contributed by atoms with Crippen LogP contribution in [-0.2, 0) is 0 Å². The first-order valence-corrected chi connectivity index (χ1v) is 6.42. The Hall–Kier alpha value is -0.960. The summed E-state index contributed by atoms with van der Waals surface area (Å²) in [5.41, 5.74) is 4.27. The summed E-state index contributed by atoms with van der Waals surface area (Å²) in [6, 6.07) is 6.33. The van der Waals surface area contributed by atoms with Gasteiger partial charge < -0.3 is 0 Å². The molecule has 0 fully saturated rings. The highest BCUT2D eigenvalue weighted by molar-refractivity contribution is 7.16. The molecule has 2 aromatic rings. The maximum atomic E-state index is 9.50. The van der Waals surface area contributed by atoms with Gasteiger partial charge in [0.15, 0.2) is 0 Å². The van der Waals surface area contributed by atoms with Gasteiger partial charge in [0.2, 0.25) is 0 Å². The Morgan fingerprint density at radius 1 is 1.06 bits per heavy atom. The van der Waals surface area contributed by atoms with E-state index in [0.29, 0.717) is 7.18 Å². The van der Waals surface area contributed by atoms with E-state index in [0.717, 1.165) is 5.52 Å². The van der Waals surface area contributed by atoms with Crippen LogP contribution in [0, 0.1) is 6.92 Å². The standard InChI is InChI=1S/C8H7NS.2C2H6.CH3F/c1-6-2-3-8-7(4-6)9-5-10-8;3*1-2/h2-5H,1H3;2*1-2H3;1H3. The lowest BCUT2D eigenvalue weighted by Gasteiger charge is -1.88. The van der Waals surface area contributed by atoms with Crippen LogP contribution >= 0.6 is 11.3 Å². The van der Waals surface area contributed by atoms with Gasteiger partial charge in [-0.1, -0.05) is 33.8 Å². The molecular formula is C13H22FNS. The van der Waals surface area contributed by atoms with E-state index in [1.807, 2.05) is 33.2 Å². The van der Waals surface area contributed by atoms with E-state index < -0.39 is 0 Å². The quantitative estimate of drug-likeness (QED) is 0.616. The third-order valence-electron chi connectivity index (χ3n) is 1.49. The van der Waals surface area contributed by atoms with Gasteiger partial charge in [-0.25, -0.2) is 4.98 Å². The third-order valence-corrected chi connectivity index (χ3v) is 2.30. The highest BCUT2D eigenvalue weighted by Gasteiger charge is 1.93. The zero-order valence-electron chi connectivity index (χ0n) is 11.0. The van der Waals surface area contributed by atoms with Crippen LogP contribution in [0.3, 0.4) is 0 Å². The van der Waals surface area contributed by atoms with Crippen LogP contribution in [0.1, 0.15) is 33.3 Å². The Morgan fingerprint density at radius 2 is 1.62 bits per heavy atom. The summed E-state index contributed by atoms with van der Waals surface area (Å²) >= 11 is 1.68. The van der Waals surface area contributed by atoms with Gasteiger partial charge in [0, 0.05) is 0 Å². The second kappa shape index (κ2) is 12.1. The Kier molecular flexibility index (Phi) is 13.2. The molecule has 0 unspecified atom stereocenters. The minimum Gasteiger partial charge on any atom is -0.255 e. The monoisotopic (exact) mass is 243 g/mol. The molecule has 0 spiro atoms. The van der Waals surface area contributed by atoms with Crippen molar-refractivity contribution < 1.29 is 4.39 Å². The average molecular weight is 243 g/mol. The first-order chi connectivity index (χ1) is 7.86. The molecule has 0 aliphatic rings. The highest BCUT2D eigenvalue weighted by Crippen LogP contribution is 2.17. The van der Waals surface area contributed by atoms with Gasteiger partial charge in [-0.3, -0.25) is 4.39 Å². The number of rotatable bonds is 0. The van der Waals surface area contributed by atoms with Crippen molar-refractivity contribution in [3.8, 4) is 0 Å². The van der Waals surface area contributed by atoms with Gasteiger partial charge in [-0.05, 0) is 24.6 Å². The largest absolute Gasteiger partial charge is 0.255 e. The Morgan fingerprint density at radius 3 is 2.19 bits per heavy atom. The van der Waals surface area contributed by atoms with E-state index in [2.05, 4.69) is 30.1 Å². The zero-order chi connectivity index (χ0) is 13.0. The molecule has 0 aliphatic heterocycles. The highest BCUT2D eigenvalue weighted by atomic mass is 32.1. The van der Waals surface area contributed by atoms with Crippen LogP contribution in [0.2, 0.25) is 0 Å². The van der Waals surface area contributed by atoms with E-state index >= 15 is 0 Å². The number of fused-ring (bicyclic) bond motifs is 1. The SMILES string of the molecule is CC.CC.CF.Cc1ccc2scnc2c1. The summed E-state index contributed by atoms with van der Waals surface area (Å²) in [7, 11) is 0.500. The molecule has 1 aromatic heterocycles. The lowest BCUT2D eigenvalue weighted by molar-refractivity contribution is 0.636. The first-order valence-electron chi connectivity index (χ1n) is 5.54. The molecule has 0 aliphatic carbocycles. The van der Waals surface area contributed by atoms with E-state index in [1.165, 1.54) is 10.3 Å². The molecule has 2 rings (SSSR count). The molecule has 1 nitrogen and oxygen atoms in total. The van der Waals surface area contributed by atoms with E-state index in [1.54, 1.807) is 11.3 Å². The van der Waals surface area contributed by atoms with Crippen molar-refractivity contribution >= 4 is 21.6 Å². The maximum Gasteiger partial charge on any atom is 0.0814 e. The second-order valence-electron chi connectivity index (χ2n) is 2.32. The minimum absolute atomic E-state index is 0.500. The normalized spacial score (nSPS) is 7.69. The van der Waals surface area contributed by atoms with Gasteiger partial charge in [-0.2, -0.15) is 0 Å². The Bertz CT molecular complexity index is 357. The Labute approximate surface area is 102 Å². The van der Waals surface area contributed by atoms with Crippen molar-refractivity contribution in [1.29, 1.82) is 0 Å². The molecule has 1 heterocycles. The van der Waals surface area contributed by atoms with Gasteiger partial charge in [0.1, 0.15) is 0 Å². The number of nitrogens with zero attached hydrogens (tertiary/aromatic N) is 1. The summed E-state index contributed by atoms with van der Waals surface area (Å²) < 4.78 is 10.8. The molecule has 0 atom stereocenters. The first kappa shape index (κ1) is 17.4. The predicted octanol–water partition coefficient (Wildman–Crippen LogP) is 5.24. The van der Waals surface area contributed by atoms with Crippen LogP contribution in [0.5, 0.6) is 0 Å². The van der Waals surface area contributed by atoms with Crippen molar-refractivity contribution in [1.82, 2.24) is 4.98 Å². The number of hydrogen-bond donors (Lipinski definition) is 0. The van der Waals surface area contributed by atoms with Crippen LogP contribution in [0.4, 0.5) is 4.39 Å². The van der Waals surface area contributed by atoms with E-state index in [-0.39, 0.29) is 0 Å². The number of aryl methyl sites for hydroxylation is 1. The van der Waals surface area contributed by atoms with E-state index in [4.69, 9.17) is 0 Å². The fourth-order valence-corrected chi connectivity index (χ4v) is 1.63. The molecule has 3 heteroatoms. The average Bonchev–Trinajstić information content (AvgIpc) is 2.84. The topological polar surface area (TPSA) is 12.9 Å². The zero-order valence-corrected chi connectivity index (χ0v) is 11.9. The van der Waals surface area contributed by atoms with Crippen molar-refractivity contribution in [3.63, 3.8) is 0 Å². The van der Waals surface area contributed by atoms with Crippen LogP contribution in [0.25, 0.3) is 10.2 Å². The summed E-state index contributed by atoms with van der Waals surface area (Å²) in [6.45, 7) is 10.1. The van der Waals surface area contributed by atoms with Crippen LogP contribution in [-0.4, -0.2) is 12.2 Å². The second-order valence-corrected chi connectivity index (χ2v) is 3.21.